The second-order valence-electron chi connectivity index (χ2n) is 5.86. The Morgan fingerprint density at radius 3 is 2.20 bits per heavy atom. The van der Waals surface area contributed by atoms with Crippen LogP contribution in [-0.4, -0.2) is 30.3 Å². The second kappa shape index (κ2) is 9.61. The Morgan fingerprint density at radius 2 is 1.70 bits per heavy atom. The van der Waals surface area contributed by atoms with E-state index in [0.29, 0.717) is 13.0 Å². The third kappa shape index (κ3) is 9.64. The van der Waals surface area contributed by atoms with Gasteiger partial charge in [0.05, 0.1) is 6.61 Å². The smallest absolute Gasteiger partial charge is 0.408 e. The fraction of sp³-hybridized carbons (Fsp3) is 0.867. The molecular weight excluding hydrogens is 258 g/mol. The molecule has 20 heavy (non-hydrogen) atoms. The standard InChI is InChI=1S/C15H29NO4/c1-6-8-10-12(13(17)19-11-9-7-2)16-14(18)20-15(3,4)5/h12H,6-11H2,1-5H3,(H,16,18)/t12-/m0/s1. The number of ether oxygens (including phenoxy) is 2. The van der Waals surface area contributed by atoms with Crippen molar-refractivity contribution in [2.45, 2.75) is 78.4 Å². The van der Waals surface area contributed by atoms with E-state index < -0.39 is 17.7 Å². The van der Waals surface area contributed by atoms with Gasteiger partial charge in [0, 0.05) is 0 Å². The lowest BCUT2D eigenvalue weighted by atomic mass is 10.1. The minimum Gasteiger partial charge on any atom is -0.464 e. The first-order chi connectivity index (χ1) is 9.30. The Hall–Kier alpha value is -1.26. The number of alkyl carbamates (subject to hydrolysis) is 1. The molecule has 0 radical (unpaired) electrons. The first-order valence-corrected chi connectivity index (χ1v) is 7.46. The molecule has 1 N–H and O–H groups in total. The molecule has 1 amide bonds. The molecule has 0 saturated carbocycles. The summed E-state index contributed by atoms with van der Waals surface area (Å²) in [4.78, 5) is 23.7. The molecule has 0 aliphatic carbocycles. The Morgan fingerprint density at radius 1 is 1.10 bits per heavy atom. The van der Waals surface area contributed by atoms with Crippen LogP contribution < -0.4 is 5.32 Å². The van der Waals surface area contributed by atoms with E-state index in [4.69, 9.17) is 9.47 Å². The normalized spacial score (nSPS) is 12.7. The van der Waals surface area contributed by atoms with Crippen molar-refractivity contribution in [1.29, 1.82) is 0 Å². The van der Waals surface area contributed by atoms with Crippen molar-refractivity contribution in [1.82, 2.24) is 5.32 Å². The van der Waals surface area contributed by atoms with Crippen LogP contribution in [0.2, 0.25) is 0 Å². The van der Waals surface area contributed by atoms with E-state index in [0.717, 1.165) is 25.7 Å². The van der Waals surface area contributed by atoms with Gasteiger partial charge in [-0.1, -0.05) is 33.1 Å². The zero-order valence-electron chi connectivity index (χ0n) is 13.5. The van der Waals surface area contributed by atoms with Crippen LogP contribution in [-0.2, 0) is 14.3 Å². The van der Waals surface area contributed by atoms with E-state index >= 15 is 0 Å². The molecule has 5 heteroatoms. The average molecular weight is 287 g/mol. The number of rotatable bonds is 8. The number of hydrogen-bond donors (Lipinski definition) is 1. The number of amides is 1. The van der Waals surface area contributed by atoms with E-state index in [-0.39, 0.29) is 5.97 Å². The van der Waals surface area contributed by atoms with E-state index in [1.54, 1.807) is 20.8 Å². The third-order valence-electron chi connectivity index (χ3n) is 2.56. The van der Waals surface area contributed by atoms with Crippen molar-refractivity contribution in [3.05, 3.63) is 0 Å². The molecule has 0 bridgehead atoms. The summed E-state index contributed by atoms with van der Waals surface area (Å²) in [5.41, 5.74) is -0.578. The van der Waals surface area contributed by atoms with Gasteiger partial charge in [0.25, 0.3) is 0 Å². The van der Waals surface area contributed by atoms with Gasteiger partial charge in [0.2, 0.25) is 0 Å². The number of nitrogens with one attached hydrogen (secondary N) is 1. The highest BCUT2D eigenvalue weighted by Gasteiger charge is 2.24. The molecule has 0 aromatic heterocycles. The maximum atomic E-state index is 11.9. The first-order valence-electron chi connectivity index (χ1n) is 7.46. The lowest BCUT2D eigenvalue weighted by Crippen LogP contribution is -2.44. The van der Waals surface area contributed by atoms with Crippen LogP contribution >= 0.6 is 0 Å². The quantitative estimate of drug-likeness (QED) is 0.549. The number of unbranched alkanes of at least 4 members (excludes halogenated alkanes) is 2. The van der Waals surface area contributed by atoms with Gasteiger partial charge in [0.15, 0.2) is 0 Å². The van der Waals surface area contributed by atoms with Crippen molar-refractivity contribution < 1.29 is 19.1 Å². The zero-order chi connectivity index (χ0) is 15.6. The van der Waals surface area contributed by atoms with Crippen LogP contribution in [0.25, 0.3) is 0 Å². The summed E-state index contributed by atoms with van der Waals surface area (Å²) in [6.07, 6.45) is 3.59. The van der Waals surface area contributed by atoms with Crippen LogP contribution in [0.5, 0.6) is 0 Å². The van der Waals surface area contributed by atoms with Gasteiger partial charge >= 0.3 is 12.1 Å². The zero-order valence-corrected chi connectivity index (χ0v) is 13.5. The van der Waals surface area contributed by atoms with Crippen LogP contribution in [0, 0.1) is 0 Å². The minimum atomic E-state index is -0.623. The van der Waals surface area contributed by atoms with E-state index in [9.17, 15) is 9.59 Å². The number of carbonyl (C=O) groups excluding carboxylic acids is 2. The number of hydrogen-bond acceptors (Lipinski definition) is 4. The van der Waals surface area contributed by atoms with Gasteiger partial charge in [0.1, 0.15) is 11.6 Å². The summed E-state index contributed by atoms with van der Waals surface area (Å²) >= 11 is 0. The first kappa shape index (κ1) is 18.7. The summed E-state index contributed by atoms with van der Waals surface area (Å²) in [6, 6.07) is -0.623. The Bertz CT molecular complexity index is 297. The molecular formula is C15H29NO4. The van der Waals surface area contributed by atoms with Crippen LogP contribution in [0.3, 0.4) is 0 Å². The molecule has 0 unspecified atom stereocenters. The minimum absolute atomic E-state index is 0.377. The fourth-order valence-electron chi connectivity index (χ4n) is 1.52. The predicted molar refractivity (Wildman–Crippen MR) is 78.5 cm³/mol. The maximum absolute atomic E-state index is 11.9. The monoisotopic (exact) mass is 287 g/mol. The molecule has 0 fully saturated rings. The molecule has 0 aromatic rings. The van der Waals surface area contributed by atoms with Crippen LogP contribution in [0.4, 0.5) is 4.79 Å². The number of carbonyl (C=O) groups is 2. The largest absolute Gasteiger partial charge is 0.464 e. The summed E-state index contributed by atoms with van der Waals surface area (Å²) in [5, 5.41) is 2.60. The van der Waals surface area contributed by atoms with Crippen LogP contribution in [0.15, 0.2) is 0 Å². The SMILES string of the molecule is CCCCOC(=O)[C@H](CCCC)NC(=O)OC(C)(C)C. The topological polar surface area (TPSA) is 64.6 Å². The van der Waals surface area contributed by atoms with Crippen molar-refractivity contribution in [3.8, 4) is 0 Å². The molecule has 0 heterocycles. The molecule has 0 aliphatic heterocycles. The highest BCUT2D eigenvalue weighted by molar-refractivity contribution is 5.81. The highest BCUT2D eigenvalue weighted by Crippen LogP contribution is 2.09. The van der Waals surface area contributed by atoms with Gasteiger partial charge in [-0.3, -0.25) is 0 Å². The fourth-order valence-corrected chi connectivity index (χ4v) is 1.52. The molecule has 5 nitrogen and oxygen atoms in total. The van der Waals surface area contributed by atoms with Gasteiger partial charge < -0.3 is 14.8 Å². The molecule has 1 atom stereocenters. The molecule has 118 valence electrons. The van der Waals surface area contributed by atoms with E-state index in [1.807, 2.05) is 13.8 Å². The third-order valence-corrected chi connectivity index (χ3v) is 2.56. The van der Waals surface area contributed by atoms with Gasteiger partial charge in [-0.2, -0.15) is 0 Å². The maximum Gasteiger partial charge on any atom is 0.408 e. The number of esters is 1. The highest BCUT2D eigenvalue weighted by atomic mass is 16.6. The van der Waals surface area contributed by atoms with Crippen molar-refractivity contribution >= 4 is 12.1 Å². The van der Waals surface area contributed by atoms with Crippen molar-refractivity contribution in [2.24, 2.45) is 0 Å². The summed E-state index contributed by atoms with van der Waals surface area (Å²) in [5.74, 6) is -0.377. The van der Waals surface area contributed by atoms with Crippen molar-refractivity contribution in [2.75, 3.05) is 6.61 Å². The Kier molecular flexibility index (Phi) is 9.01. The van der Waals surface area contributed by atoms with Gasteiger partial charge in [-0.05, 0) is 33.6 Å². The molecule has 0 aromatic carbocycles. The van der Waals surface area contributed by atoms with E-state index in [1.165, 1.54) is 0 Å². The molecule has 0 aliphatic rings. The predicted octanol–water partition coefficient (Wildman–Crippen LogP) is 3.41. The molecule has 0 rings (SSSR count). The lowest BCUT2D eigenvalue weighted by Gasteiger charge is -2.22. The van der Waals surface area contributed by atoms with Crippen molar-refractivity contribution in [3.63, 3.8) is 0 Å². The summed E-state index contributed by atoms with van der Waals surface area (Å²) in [6.45, 7) is 9.82. The van der Waals surface area contributed by atoms with E-state index in [2.05, 4.69) is 5.32 Å². The molecule has 0 spiro atoms. The van der Waals surface area contributed by atoms with Gasteiger partial charge in [-0.25, -0.2) is 9.59 Å². The summed E-state index contributed by atoms with van der Waals surface area (Å²) < 4.78 is 10.3. The van der Waals surface area contributed by atoms with Gasteiger partial charge in [-0.15, -0.1) is 0 Å². The Balaban J connectivity index is 4.39. The molecule has 0 saturated heterocycles. The average Bonchev–Trinajstić information content (AvgIpc) is 2.32. The second-order valence-corrected chi connectivity index (χ2v) is 5.86. The Labute approximate surface area is 122 Å². The summed E-state index contributed by atoms with van der Waals surface area (Å²) in [7, 11) is 0. The lowest BCUT2D eigenvalue weighted by molar-refractivity contribution is -0.146. The van der Waals surface area contributed by atoms with Crippen LogP contribution in [0.1, 0.15) is 66.7 Å².